The number of carbonyl (C=O) groups is 1. The number of aliphatic imine (C=N–C) groups is 1. The highest BCUT2D eigenvalue weighted by Crippen LogP contribution is 2.17. The number of guanidine groups is 1. The average molecular weight is 434 g/mol. The Bertz CT molecular complexity index is 1100. The minimum Gasteiger partial charge on any atom is -0.497 e. The van der Waals surface area contributed by atoms with Crippen LogP contribution in [0.3, 0.4) is 0 Å². The lowest BCUT2D eigenvalue weighted by Gasteiger charge is -2.15. The molecule has 168 valence electrons. The molecule has 0 aliphatic carbocycles. The van der Waals surface area contributed by atoms with E-state index < -0.39 is 0 Å². The Hall–Kier alpha value is -3.61. The van der Waals surface area contributed by atoms with Gasteiger partial charge < -0.3 is 10.1 Å². The van der Waals surface area contributed by atoms with Crippen LogP contribution in [-0.2, 0) is 19.5 Å². The van der Waals surface area contributed by atoms with Crippen LogP contribution in [0.4, 0.5) is 5.69 Å². The Labute approximate surface area is 189 Å². The second-order valence-electron chi connectivity index (χ2n) is 7.45. The van der Waals surface area contributed by atoms with Crippen molar-refractivity contribution in [2.75, 3.05) is 12.4 Å². The van der Waals surface area contributed by atoms with E-state index in [2.05, 4.69) is 35.6 Å². The van der Waals surface area contributed by atoms with Gasteiger partial charge in [-0.25, -0.2) is 4.99 Å². The van der Waals surface area contributed by atoms with Crippen molar-refractivity contribution in [2.24, 2.45) is 4.99 Å². The molecule has 32 heavy (non-hydrogen) atoms. The van der Waals surface area contributed by atoms with Crippen molar-refractivity contribution in [1.82, 2.24) is 15.1 Å². The zero-order valence-corrected chi connectivity index (χ0v) is 19.4. The summed E-state index contributed by atoms with van der Waals surface area (Å²) in [5.41, 5.74) is 5.68. The van der Waals surface area contributed by atoms with E-state index >= 15 is 0 Å². The van der Waals surface area contributed by atoms with E-state index in [-0.39, 0.29) is 5.91 Å². The number of methoxy groups -OCH3 is 1. The van der Waals surface area contributed by atoms with Crippen molar-refractivity contribution in [2.45, 2.75) is 47.2 Å². The van der Waals surface area contributed by atoms with Gasteiger partial charge >= 0.3 is 0 Å². The molecule has 7 nitrogen and oxygen atoms in total. The minimum atomic E-state index is -0.245. The van der Waals surface area contributed by atoms with E-state index in [4.69, 9.17) is 9.73 Å². The first-order valence-electron chi connectivity index (χ1n) is 10.8. The van der Waals surface area contributed by atoms with Gasteiger partial charge in [-0.05, 0) is 63.1 Å². The van der Waals surface area contributed by atoms with Gasteiger partial charge in [-0.1, -0.05) is 25.1 Å². The fraction of sp³-hybridized carbons (Fsp3) is 0.320. The van der Waals surface area contributed by atoms with Crippen LogP contribution >= 0.6 is 0 Å². The minimum absolute atomic E-state index is 0.245. The molecule has 2 aromatic carbocycles. The fourth-order valence-electron chi connectivity index (χ4n) is 3.54. The molecular weight excluding hydrogens is 402 g/mol. The Balaban J connectivity index is 1.88. The van der Waals surface area contributed by atoms with Gasteiger partial charge in [0.1, 0.15) is 5.75 Å². The lowest BCUT2D eigenvalue weighted by atomic mass is 10.1. The standard InChI is InChI=1S/C25H31N5O2/c1-6-19-10-8-9-11-23(19)27-25(26-16-22-17(3)29-30(7-2)18(22)4)28-24(31)20-12-14-21(32-5)15-13-20/h8-15H,6-7,16H2,1-5H3,(H2,26,27,28,31). The van der Waals surface area contributed by atoms with Crippen molar-refractivity contribution >= 4 is 17.6 Å². The summed E-state index contributed by atoms with van der Waals surface area (Å²) in [6.45, 7) is 9.41. The van der Waals surface area contributed by atoms with Crippen LogP contribution in [0.25, 0.3) is 0 Å². The van der Waals surface area contributed by atoms with Gasteiger partial charge in [-0.2, -0.15) is 5.10 Å². The second kappa shape index (κ2) is 10.6. The molecular formula is C25H31N5O2. The molecule has 1 amide bonds. The number of aryl methyl sites for hydroxylation is 3. The Morgan fingerprint density at radius 3 is 2.44 bits per heavy atom. The third-order valence-electron chi connectivity index (χ3n) is 5.46. The highest BCUT2D eigenvalue weighted by atomic mass is 16.5. The summed E-state index contributed by atoms with van der Waals surface area (Å²) >= 11 is 0. The monoisotopic (exact) mass is 433 g/mol. The smallest absolute Gasteiger partial charge is 0.257 e. The topological polar surface area (TPSA) is 80.5 Å². The molecule has 7 heteroatoms. The third-order valence-corrected chi connectivity index (χ3v) is 5.46. The normalized spacial score (nSPS) is 11.3. The number of ether oxygens (including phenoxy) is 1. The molecule has 0 aliphatic heterocycles. The van der Waals surface area contributed by atoms with Crippen LogP contribution in [0, 0.1) is 13.8 Å². The van der Waals surface area contributed by atoms with Gasteiger partial charge in [0.2, 0.25) is 5.96 Å². The zero-order valence-electron chi connectivity index (χ0n) is 19.4. The number of amides is 1. The van der Waals surface area contributed by atoms with Crippen LogP contribution in [-0.4, -0.2) is 28.8 Å². The number of nitrogens with one attached hydrogen (secondary N) is 2. The molecule has 0 saturated heterocycles. The summed E-state index contributed by atoms with van der Waals surface area (Å²) in [4.78, 5) is 17.6. The maximum atomic E-state index is 12.9. The van der Waals surface area contributed by atoms with Gasteiger partial charge in [0, 0.05) is 29.1 Å². The first kappa shape index (κ1) is 23.1. The molecule has 2 N–H and O–H groups in total. The van der Waals surface area contributed by atoms with Crippen molar-refractivity contribution in [3.05, 3.63) is 76.6 Å². The summed E-state index contributed by atoms with van der Waals surface area (Å²) in [6, 6.07) is 15.0. The lowest BCUT2D eigenvalue weighted by molar-refractivity contribution is 0.0977. The molecule has 0 aliphatic rings. The van der Waals surface area contributed by atoms with Crippen LogP contribution in [0.15, 0.2) is 53.5 Å². The molecule has 0 atom stereocenters. The zero-order chi connectivity index (χ0) is 23.1. The Morgan fingerprint density at radius 2 is 1.81 bits per heavy atom. The summed E-state index contributed by atoms with van der Waals surface area (Å²) < 4.78 is 7.15. The molecule has 0 unspecified atom stereocenters. The molecule has 1 heterocycles. The first-order valence-corrected chi connectivity index (χ1v) is 10.8. The predicted octanol–water partition coefficient (Wildman–Crippen LogP) is 4.49. The van der Waals surface area contributed by atoms with E-state index in [1.165, 1.54) is 0 Å². The van der Waals surface area contributed by atoms with Crippen LogP contribution in [0.5, 0.6) is 5.75 Å². The molecule has 3 rings (SSSR count). The number of benzene rings is 2. The molecule has 0 saturated carbocycles. The number of para-hydroxylation sites is 1. The number of nitrogens with zero attached hydrogens (tertiary/aromatic N) is 3. The van der Waals surface area contributed by atoms with Crippen molar-refractivity contribution in [3.8, 4) is 5.75 Å². The summed E-state index contributed by atoms with van der Waals surface area (Å²) in [5.74, 6) is 0.852. The van der Waals surface area contributed by atoms with E-state index in [0.29, 0.717) is 23.8 Å². The van der Waals surface area contributed by atoms with Crippen LogP contribution in [0.2, 0.25) is 0 Å². The second-order valence-corrected chi connectivity index (χ2v) is 7.45. The van der Waals surface area contributed by atoms with Crippen molar-refractivity contribution in [3.63, 3.8) is 0 Å². The maximum absolute atomic E-state index is 12.9. The summed E-state index contributed by atoms with van der Waals surface area (Å²) in [7, 11) is 1.60. The highest BCUT2D eigenvalue weighted by molar-refractivity contribution is 6.10. The van der Waals surface area contributed by atoms with Gasteiger partial charge in [0.15, 0.2) is 0 Å². The average Bonchev–Trinajstić information content (AvgIpc) is 3.10. The first-order chi connectivity index (χ1) is 15.5. The van der Waals surface area contributed by atoms with E-state index in [0.717, 1.165) is 41.2 Å². The Kier molecular flexibility index (Phi) is 7.65. The molecule has 0 bridgehead atoms. The van der Waals surface area contributed by atoms with Crippen molar-refractivity contribution in [1.29, 1.82) is 0 Å². The number of hydrogen-bond acceptors (Lipinski definition) is 4. The SMILES string of the molecule is CCc1ccccc1NC(=NCc1c(C)nn(CC)c1C)NC(=O)c1ccc(OC)cc1. The van der Waals surface area contributed by atoms with Crippen LogP contribution < -0.4 is 15.4 Å². The quantitative estimate of drug-likeness (QED) is 0.425. The lowest BCUT2D eigenvalue weighted by Crippen LogP contribution is -2.36. The van der Waals surface area contributed by atoms with Gasteiger partial charge in [-0.15, -0.1) is 0 Å². The maximum Gasteiger partial charge on any atom is 0.257 e. The molecule has 0 spiro atoms. The van der Waals surface area contributed by atoms with Gasteiger partial charge in [0.25, 0.3) is 5.91 Å². The number of hydrogen-bond donors (Lipinski definition) is 2. The number of carbonyl (C=O) groups excluding carboxylic acids is 1. The van der Waals surface area contributed by atoms with E-state index in [1.807, 2.05) is 36.7 Å². The van der Waals surface area contributed by atoms with Gasteiger partial charge in [0.05, 0.1) is 19.3 Å². The molecule has 3 aromatic rings. The van der Waals surface area contributed by atoms with E-state index in [1.54, 1.807) is 31.4 Å². The molecule has 1 aromatic heterocycles. The van der Waals surface area contributed by atoms with Crippen LogP contribution in [0.1, 0.15) is 46.7 Å². The predicted molar refractivity (Wildman–Crippen MR) is 128 cm³/mol. The largest absolute Gasteiger partial charge is 0.497 e. The number of rotatable bonds is 7. The fourth-order valence-corrected chi connectivity index (χ4v) is 3.54. The third kappa shape index (κ3) is 5.35. The van der Waals surface area contributed by atoms with Crippen molar-refractivity contribution < 1.29 is 9.53 Å². The Morgan fingerprint density at radius 1 is 1.09 bits per heavy atom. The molecule has 0 radical (unpaired) electrons. The highest BCUT2D eigenvalue weighted by Gasteiger charge is 2.14. The number of aromatic nitrogens is 2. The molecule has 0 fully saturated rings. The van der Waals surface area contributed by atoms with E-state index in [9.17, 15) is 4.79 Å². The number of anilines is 1. The van der Waals surface area contributed by atoms with Gasteiger partial charge in [-0.3, -0.25) is 14.8 Å². The summed E-state index contributed by atoms with van der Waals surface area (Å²) in [6.07, 6.45) is 0.865. The summed E-state index contributed by atoms with van der Waals surface area (Å²) in [5, 5.41) is 10.8.